The van der Waals surface area contributed by atoms with E-state index in [9.17, 15) is 18.0 Å². The lowest BCUT2D eigenvalue weighted by Gasteiger charge is -2.33. The summed E-state index contributed by atoms with van der Waals surface area (Å²) in [6.07, 6.45) is 0. The van der Waals surface area contributed by atoms with Gasteiger partial charge in [0.25, 0.3) is 10.0 Å². The zero-order chi connectivity index (χ0) is 22.0. The number of carbonyl (C=O) groups is 1. The van der Waals surface area contributed by atoms with E-state index in [1.54, 1.807) is 17.6 Å². The zero-order valence-electron chi connectivity index (χ0n) is 17.0. The van der Waals surface area contributed by atoms with E-state index in [0.717, 1.165) is 5.52 Å². The van der Waals surface area contributed by atoms with Gasteiger partial charge in [-0.1, -0.05) is 12.1 Å². The minimum absolute atomic E-state index is 0.142. The Morgan fingerprint density at radius 2 is 1.77 bits per heavy atom. The lowest BCUT2D eigenvalue weighted by Crippen LogP contribution is -2.49. The molecule has 1 aliphatic rings. The summed E-state index contributed by atoms with van der Waals surface area (Å²) in [4.78, 5) is 25.9. The van der Waals surface area contributed by atoms with Crippen LogP contribution in [0.25, 0.3) is 11.1 Å². The summed E-state index contributed by atoms with van der Waals surface area (Å²) in [5.41, 5.74) is 1.29. The van der Waals surface area contributed by atoms with Gasteiger partial charge in [-0.05, 0) is 31.2 Å². The highest BCUT2D eigenvalue weighted by molar-refractivity contribution is 7.89. The lowest BCUT2D eigenvalue weighted by atomic mass is 10.3. The molecule has 166 valence electrons. The van der Waals surface area contributed by atoms with Crippen molar-refractivity contribution in [1.29, 1.82) is 0 Å². The third-order valence-electron chi connectivity index (χ3n) is 5.20. The van der Waals surface area contributed by atoms with E-state index in [1.165, 1.54) is 16.4 Å². The Morgan fingerprint density at radius 1 is 1.03 bits per heavy atom. The van der Waals surface area contributed by atoms with Crippen LogP contribution in [0.1, 0.15) is 17.5 Å². The first-order chi connectivity index (χ1) is 14.9. The molecule has 0 unspecified atom stereocenters. The Bertz CT molecular complexity index is 1230. The van der Waals surface area contributed by atoms with Crippen molar-refractivity contribution in [3.8, 4) is 0 Å². The molecular formula is C20H23N3O7S. The Hall–Kier alpha value is -2.89. The van der Waals surface area contributed by atoms with E-state index in [-0.39, 0.29) is 30.5 Å². The van der Waals surface area contributed by atoms with Crippen LogP contribution in [0.2, 0.25) is 0 Å². The maximum absolute atomic E-state index is 12.8. The SMILES string of the molecule is CCOC(=O)c1ccc(S(=O)(=O)N2CCN(CCn3c(=O)oc4ccccc43)CC2)o1. The number of furan rings is 1. The van der Waals surface area contributed by atoms with Crippen LogP contribution in [0.5, 0.6) is 0 Å². The molecule has 1 saturated heterocycles. The molecule has 0 spiro atoms. The fraction of sp³-hybridized carbons (Fsp3) is 0.400. The summed E-state index contributed by atoms with van der Waals surface area (Å²) in [6, 6.07) is 9.80. The highest BCUT2D eigenvalue weighted by Gasteiger charge is 2.31. The summed E-state index contributed by atoms with van der Waals surface area (Å²) < 4.78 is 43.9. The van der Waals surface area contributed by atoms with E-state index < -0.39 is 21.7 Å². The van der Waals surface area contributed by atoms with Gasteiger partial charge in [-0.3, -0.25) is 9.47 Å². The van der Waals surface area contributed by atoms with Crippen molar-refractivity contribution in [2.45, 2.75) is 18.6 Å². The van der Waals surface area contributed by atoms with Gasteiger partial charge in [0.15, 0.2) is 5.58 Å². The Labute approximate surface area is 178 Å². The second kappa shape index (κ2) is 8.69. The number of para-hydroxylation sites is 2. The number of fused-ring (bicyclic) bond motifs is 1. The van der Waals surface area contributed by atoms with Crippen molar-refractivity contribution >= 4 is 27.1 Å². The molecule has 3 aromatic rings. The number of ether oxygens (including phenoxy) is 1. The molecule has 0 radical (unpaired) electrons. The molecule has 10 nitrogen and oxygen atoms in total. The smallest absolute Gasteiger partial charge is 0.419 e. The summed E-state index contributed by atoms with van der Waals surface area (Å²) >= 11 is 0. The van der Waals surface area contributed by atoms with Crippen LogP contribution in [-0.2, 0) is 21.3 Å². The number of esters is 1. The average Bonchev–Trinajstić information content (AvgIpc) is 3.38. The number of carbonyl (C=O) groups excluding carboxylic acids is 1. The van der Waals surface area contributed by atoms with Crippen molar-refractivity contribution in [3.63, 3.8) is 0 Å². The number of nitrogens with zero attached hydrogens (tertiary/aromatic N) is 3. The topological polar surface area (TPSA) is 115 Å². The molecule has 0 aliphatic carbocycles. The van der Waals surface area contributed by atoms with Gasteiger partial charge in [-0.15, -0.1) is 0 Å². The molecule has 1 aliphatic heterocycles. The molecule has 0 bridgehead atoms. The Kier molecular flexibility index (Phi) is 5.99. The molecular weight excluding hydrogens is 426 g/mol. The predicted molar refractivity (Wildman–Crippen MR) is 110 cm³/mol. The third-order valence-corrected chi connectivity index (χ3v) is 6.97. The fourth-order valence-electron chi connectivity index (χ4n) is 3.56. The standard InChI is InChI=1S/C20H23N3O7S/c1-2-28-19(24)17-7-8-18(29-17)31(26,27)22-12-9-21(10-13-22)11-14-23-15-5-3-4-6-16(15)30-20(23)25/h3-8H,2,9-14H2,1H3. The summed E-state index contributed by atoms with van der Waals surface area (Å²) in [5.74, 6) is -1.25. The van der Waals surface area contributed by atoms with E-state index >= 15 is 0 Å². The maximum atomic E-state index is 12.8. The molecule has 4 rings (SSSR count). The van der Waals surface area contributed by atoms with Crippen molar-refractivity contribution in [1.82, 2.24) is 13.8 Å². The van der Waals surface area contributed by atoms with Gasteiger partial charge in [0.2, 0.25) is 10.9 Å². The minimum atomic E-state index is -3.84. The van der Waals surface area contributed by atoms with E-state index in [1.807, 2.05) is 18.2 Å². The highest BCUT2D eigenvalue weighted by Crippen LogP contribution is 2.21. The first-order valence-corrected chi connectivity index (χ1v) is 11.4. The molecule has 3 heterocycles. The normalized spacial score (nSPS) is 16.0. The van der Waals surface area contributed by atoms with Gasteiger partial charge in [-0.2, -0.15) is 4.31 Å². The van der Waals surface area contributed by atoms with E-state index in [4.69, 9.17) is 13.6 Å². The zero-order valence-corrected chi connectivity index (χ0v) is 17.8. The molecule has 31 heavy (non-hydrogen) atoms. The number of rotatable bonds is 7. The van der Waals surface area contributed by atoms with Crippen molar-refractivity contribution in [3.05, 3.63) is 52.7 Å². The number of oxazole rings is 1. The molecule has 11 heteroatoms. The molecule has 1 fully saturated rings. The first kappa shape index (κ1) is 21.3. The Morgan fingerprint density at radius 3 is 2.52 bits per heavy atom. The van der Waals surface area contributed by atoms with Crippen LogP contribution in [0.3, 0.4) is 0 Å². The Balaban J connectivity index is 1.36. The van der Waals surface area contributed by atoms with Gasteiger partial charge in [-0.25, -0.2) is 18.0 Å². The minimum Gasteiger partial charge on any atom is -0.460 e. The fourth-order valence-corrected chi connectivity index (χ4v) is 4.89. The molecule has 0 N–H and O–H groups in total. The monoisotopic (exact) mass is 449 g/mol. The maximum Gasteiger partial charge on any atom is 0.419 e. The predicted octanol–water partition coefficient (Wildman–Crippen LogP) is 1.37. The van der Waals surface area contributed by atoms with Crippen LogP contribution in [0, 0.1) is 0 Å². The molecule has 0 atom stereocenters. The van der Waals surface area contributed by atoms with E-state index in [2.05, 4.69) is 4.90 Å². The van der Waals surface area contributed by atoms with Crippen LogP contribution in [-0.4, -0.2) is 67.5 Å². The van der Waals surface area contributed by atoms with Crippen LogP contribution >= 0.6 is 0 Å². The first-order valence-electron chi connectivity index (χ1n) is 9.98. The number of hydrogen-bond donors (Lipinski definition) is 0. The van der Waals surface area contributed by atoms with Crippen molar-refractivity contribution in [2.75, 3.05) is 39.3 Å². The number of piperazine rings is 1. The van der Waals surface area contributed by atoms with Gasteiger partial charge < -0.3 is 13.6 Å². The van der Waals surface area contributed by atoms with Crippen molar-refractivity contribution in [2.24, 2.45) is 0 Å². The number of benzene rings is 1. The second-order valence-electron chi connectivity index (χ2n) is 7.07. The molecule has 0 saturated carbocycles. The summed E-state index contributed by atoms with van der Waals surface area (Å²) in [6.45, 7) is 4.44. The van der Waals surface area contributed by atoms with Crippen LogP contribution in [0.15, 0.2) is 55.1 Å². The van der Waals surface area contributed by atoms with Gasteiger partial charge >= 0.3 is 11.7 Å². The number of aromatic nitrogens is 1. The molecule has 2 aromatic heterocycles. The highest BCUT2D eigenvalue weighted by atomic mass is 32.2. The third kappa shape index (κ3) is 4.29. The molecule has 0 amide bonds. The van der Waals surface area contributed by atoms with Crippen LogP contribution in [0.4, 0.5) is 0 Å². The van der Waals surface area contributed by atoms with E-state index in [0.29, 0.717) is 31.8 Å². The largest absolute Gasteiger partial charge is 0.460 e. The summed E-state index contributed by atoms with van der Waals surface area (Å²) in [5, 5.41) is -0.277. The second-order valence-corrected chi connectivity index (χ2v) is 8.94. The van der Waals surface area contributed by atoms with Gasteiger partial charge in [0.1, 0.15) is 0 Å². The summed E-state index contributed by atoms with van der Waals surface area (Å²) in [7, 11) is -3.84. The lowest BCUT2D eigenvalue weighted by molar-refractivity contribution is 0.0483. The quantitative estimate of drug-likeness (QED) is 0.497. The van der Waals surface area contributed by atoms with Crippen molar-refractivity contribution < 1.29 is 26.8 Å². The van der Waals surface area contributed by atoms with Crippen LogP contribution < -0.4 is 5.76 Å². The van der Waals surface area contributed by atoms with Gasteiger partial charge in [0.05, 0.1) is 12.1 Å². The van der Waals surface area contributed by atoms with Gasteiger partial charge in [0, 0.05) is 39.3 Å². The number of sulfonamides is 1. The molecule has 1 aromatic carbocycles. The average molecular weight is 449 g/mol. The number of hydrogen-bond acceptors (Lipinski definition) is 8.